The molecule has 3 aromatic rings. The Morgan fingerprint density at radius 1 is 1.26 bits per heavy atom. The third-order valence-corrected chi connectivity index (χ3v) is 3.61. The number of hydrogen-bond acceptors (Lipinski definition) is 5. The van der Waals surface area contributed by atoms with Crippen LogP contribution < -0.4 is 15.8 Å². The van der Waals surface area contributed by atoms with E-state index in [2.05, 4.69) is 15.4 Å². The van der Waals surface area contributed by atoms with E-state index in [4.69, 9.17) is 10.5 Å². The molecule has 3 N–H and O–H groups in total. The molecule has 120 valence electrons. The second-order valence-corrected chi connectivity index (χ2v) is 5.38. The third kappa shape index (κ3) is 3.27. The molecule has 2 heterocycles. The van der Waals surface area contributed by atoms with Crippen molar-refractivity contribution < 1.29 is 4.74 Å². The number of fused-ring (bicyclic) bond motifs is 1. The zero-order chi connectivity index (χ0) is 16.2. The summed E-state index contributed by atoms with van der Waals surface area (Å²) < 4.78 is 7.12. The zero-order valence-corrected chi connectivity index (χ0v) is 13.4. The van der Waals surface area contributed by atoms with E-state index in [1.807, 2.05) is 47.8 Å². The Hall–Kier alpha value is -2.60. The SMILES string of the molecule is COc1cccc(-c2cc3nc(C)cc(NCCCN)n3n2)c1. The molecule has 2 aromatic heterocycles. The minimum absolute atomic E-state index is 0.661. The van der Waals surface area contributed by atoms with Crippen molar-refractivity contribution in [2.24, 2.45) is 5.73 Å². The normalized spacial score (nSPS) is 10.9. The lowest BCUT2D eigenvalue weighted by atomic mass is 10.1. The summed E-state index contributed by atoms with van der Waals surface area (Å²) in [4.78, 5) is 4.56. The van der Waals surface area contributed by atoms with E-state index < -0.39 is 0 Å². The third-order valence-electron chi connectivity index (χ3n) is 3.61. The molecule has 0 aliphatic rings. The minimum atomic E-state index is 0.661. The molecule has 23 heavy (non-hydrogen) atoms. The summed E-state index contributed by atoms with van der Waals surface area (Å²) in [7, 11) is 1.66. The molecule has 0 unspecified atom stereocenters. The summed E-state index contributed by atoms with van der Waals surface area (Å²) >= 11 is 0. The monoisotopic (exact) mass is 311 g/mol. The first-order valence-corrected chi connectivity index (χ1v) is 7.67. The molecule has 6 nitrogen and oxygen atoms in total. The maximum atomic E-state index is 5.56. The van der Waals surface area contributed by atoms with Gasteiger partial charge in [-0.15, -0.1) is 0 Å². The molecule has 3 rings (SSSR count). The highest BCUT2D eigenvalue weighted by molar-refractivity contribution is 5.67. The van der Waals surface area contributed by atoms with Crippen LogP contribution in [0.1, 0.15) is 12.1 Å². The molecule has 0 spiro atoms. The maximum Gasteiger partial charge on any atom is 0.158 e. The number of aromatic nitrogens is 3. The Morgan fingerprint density at radius 3 is 2.91 bits per heavy atom. The van der Waals surface area contributed by atoms with Gasteiger partial charge in [-0.2, -0.15) is 9.61 Å². The topological polar surface area (TPSA) is 77.5 Å². The van der Waals surface area contributed by atoms with Gasteiger partial charge in [0.1, 0.15) is 11.6 Å². The van der Waals surface area contributed by atoms with Crippen molar-refractivity contribution in [3.05, 3.63) is 42.1 Å². The fourth-order valence-electron chi connectivity index (χ4n) is 2.47. The van der Waals surface area contributed by atoms with Gasteiger partial charge in [0, 0.05) is 29.9 Å². The zero-order valence-electron chi connectivity index (χ0n) is 13.4. The number of anilines is 1. The van der Waals surface area contributed by atoms with Crippen LogP contribution >= 0.6 is 0 Å². The van der Waals surface area contributed by atoms with Crippen molar-refractivity contribution in [2.75, 3.05) is 25.5 Å². The summed E-state index contributed by atoms with van der Waals surface area (Å²) in [6, 6.07) is 11.8. The van der Waals surface area contributed by atoms with Crippen LogP contribution in [0.15, 0.2) is 36.4 Å². The van der Waals surface area contributed by atoms with Crippen LogP contribution in [-0.2, 0) is 0 Å². The number of rotatable bonds is 6. The summed E-state index contributed by atoms with van der Waals surface area (Å²) in [5.74, 6) is 1.74. The Bertz CT molecular complexity index is 812. The first-order valence-electron chi connectivity index (χ1n) is 7.67. The highest BCUT2D eigenvalue weighted by Crippen LogP contribution is 2.25. The van der Waals surface area contributed by atoms with Crippen molar-refractivity contribution in [3.63, 3.8) is 0 Å². The quantitative estimate of drug-likeness (QED) is 0.684. The Morgan fingerprint density at radius 2 is 2.13 bits per heavy atom. The Kier molecular flexibility index (Phi) is 4.43. The van der Waals surface area contributed by atoms with Crippen LogP contribution in [0.5, 0.6) is 5.75 Å². The van der Waals surface area contributed by atoms with Gasteiger partial charge in [0.15, 0.2) is 5.65 Å². The van der Waals surface area contributed by atoms with Crippen LogP contribution in [-0.4, -0.2) is 34.8 Å². The Labute approximate surface area is 135 Å². The lowest BCUT2D eigenvalue weighted by Gasteiger charge is -2.08. The number of nitrogens with zero attached hydrogens (tertiary/aromatic N) is 3. The highest BCUT2D eigenvalue weighted by atomic mass is 16.5. The van der Waals surface area contributed by atoms with Crippen LogP contribution in [0.4, 0.5) is 5.82 Å². The Balaban J connectivity index is 2.01. The lowest BCUT2D eigenvalue weighted by molar-refractivity contribution is 0.415. The molecule has 0 aliphatic heterocycles. The van der Waals surface area contributed by atoms with Gasteiger partial charge < -0.3 is 15.8 Å². The molecule has 0 fully saturated rings. The molecular weight excluding hydrogens is 290 g/mol. The van der Waals surface area contributed by atoms with Crippen molar-refractivity contribution in [1.82, 2.24) is 14.6 Å². The molecule has 0 saturated carbocycles. The van der Waals surface area contributed by atoms with E-state index in [0.717, 1.165) is 47.1 Å². The van der Waals surface area contributed by atoms with Crippen molar-refractivity contribution in [2.45, 2.75) is 13.3 Å². The molecule has 0 amide bonds. The van der Waals surface area contributed by atoms with Gasteiger partial charge in [-0.3, -0.25) is 0 Å². The second kappa shape index (κ2) is 6.66. The van der Waals surface area contributed by atoms with Gasteiger partial charge in [0.2, 0.25) is 0 Å². The number of benzene rings is 1. The molecular formula is C17H21N5O. The van der Waals surface area contributed by atoms with Crippen molar-refractivity contribution >= 4 is 11.5 Å². The fraction of sp³-hybridized carbons (Fsp3) is 0.294. The molecule has 6 heteroatoms. The van der Waals surface area contributed by atoms with Gasteiger partial charge in [-0.25, -0.2) is 4.98 Å². The van der Waals surface area contributed by atoms with Crippen molar-refractivity contribution in [3.8, 4) is 17.0 Å². The number of hydrogen-bond donors (Lipinski definition) is 2. The highest BCUT2D eigenvalue weighted by Gasteiger charge is 2.10. The van der Waals surface area contributed by atoms with Crippen molar-refractivity contribution in [1.29, 1.82) is 0 Å². The predicted molar refractivity (Wildman–Crippen MR) is 91.9 cm³/mol. The van der Waals surface area contributed by atoms with Crippen LogP contribution in [0.3, 0.4) is 0 Å². The van der Waals surface area contributed by atoms with E-state index in [0.29, 0.717) is 6.54 Å². The van der Waals surface area contributed by atoms with Gasteiger partial charge in [0.25, 0.3) is 0 Å². The van der Waals surface area contributed by atoms with Gasteiger partial charge in [-0.05, 0) is 32.0 Å². The first kappa shape index (κ1) is 15.3. The molecule has 0 radical (unpaired) electrons. The average molecular weight is 311 g/mol. The van der Waals surface area contributed by atoms with Crippen LogP contribution in [0, 0.1) is 6.92 Å². The smallest absolute Gasteiger partial charge is 0.158 e. The largest absolute Gasteiger partial charge is 0.497 e. The number of nitrogens with two attached hydrogens (primary N) is 1. The number of nitrogens with one attached hydrogen (secondary N) is 1. The van der Waals surface area contributed by atoms with Gasteiger partial charge in [0.05, 0.1) is 12.8 Å². The summed E-state index contributed by atoms with van der Waals surface area (Å²) in [6.45, 7) is 3.45. The standard InChI is InChI=1S/C17H21N5O/c1-12-9-16(19-8-4-7-18)22-17(20-12)11-15(21-22)13-5-3-6-14(10-13)23-2/h3,5-6,9-11,19H,4,7-8,18H2,1-2H3. The van der Waals surface area contributed by atoms with E-state index in [1.54, 1.807) is 7.11 Å². The minimum Gasteiger partial charge on any atom is -0.497 e. The van der Waals surface area contributed by atoms with E-state index in [-0.39, 0.29) is 0 Å². The number of ether oxygens (including phenoxy) is 1. The summed E-state index contributed by atoms with van der Waals surface area (Å²) in [6.07, 6.45) is 0.910. The average Bonchev–Trinajstić information content (AvgIpc) is 2.99. The van der Waals surface area contributed by atoms with E-state index in [9.17, 15) is 0 Å². The maximum absolute atomic E-state index is 5.56. The van der Waals surface area contributed by atoms with E-state index in [1.165, 1.54) is 0 Å². The molecule has 0 atom stereocenters. The molecule has 0 saturated heterocycles. The summed E-state index contributed by atoms with van der Waals surface area (Å²) in [5, 5.41) is 8.06. The van der Waals surface area contributed by atoms with Crippen LogP contribution in [0.2, 0.25) is 0 Å². The number of aryl methyl sites for hydroxylation is 1. The van der Waals surface area contributed by atoms with Gasteiger partial charge in [-0.1, -0.05) is 12.1 Å². The van der Waals surface area contributed by atoms with Gasteiger partial charge >= 0.3 is 0 Å². The van der Waals surface area contributed by atoms with E-state index >= 15 is 0 Å². The molecule has 0 aliphatic carbocycles. The molecule has 1 aromatic carbocycles. The predicted octanol–water partition coefficient (Wildman–Crippen LogP) is 2.47. The fourth-order valence-corrected chi connectivity index (χ4v) is 2.47. The molecule has 0 bridgehead atoms. The first-order chi connectivity index (χ1) is 11.2. The summed E-state index contributed by atoms with van der Waals surface area (Å²) in [5.41, 5.74) is 9.19. The lowest BCUT2D eigenvalue weighted by Crippen LogP contribution is -2.11. The second-order valence-electron chi connectivity index (χ2n) is 5.38. The van der Waals surface area contributed by atoms with Crippen LogP contribution in [0.25, 0.3) is 16.9 Å². The number of methoxy groups -OCH3 is 1.